The molecule has 2 N–H and O–H groups in total. The number of carbonyl (C=O) groups is 1. The molecule has 0 radical (unpaired) electrons. The summed E-state index contributed by atoms with van der Waals surface area (Å²) in [6, 6.07) is 5.35. The van der Waals surface area contributed by atoms with E-state index in [2.05, 4.69) is 10.5 Å². The van der Waals surface area contributed by atoms with Crippen molar-refractivity contribution in [1.29, 1.82) is 0 Å². The molecule has 0 unspecified atom stereocenters. The van der Waals surface area contributed by atoms with Gasteiger partial charge in [-0.15, -0.1) is 0 Å². The fourth-order valence-corrected chi connectivity index (χ4v) is 1.59. The molecule has 0 heterocycles. The minimum Gasteiger partial charge on any atom is -0.493 e. The molecule has 19 heavy (non-hydrogen) atoms. The van der Waals surface area contributed by atoms with E-state index in [9.17, 15) is 4.79 Å². The van der Waals surface area contributed by atoms with Gasteiger partial charge in [-0.2, -0.15) is 0 Å². The van der Waals surface area contributed by atoms with Crippen LogP contribution < -0.4 is 14.8 Å². The molecule has 0 spiro atoms. The van der Waals surface area contributed by atoms with E-state index in [1.165, 1.54) is 13.3 Å². The van der Waals surface area contributed by atoms with Gasteiger partial charge in [0.2, 0.25) is 0 Å². The van der Waals surface area contributed by atoms with Crippen LogP contribution in [0.15, 0.2) is 23.4 Å². The van der Waals surface area contributed by atoms with Crippen molar-refractivity contribution in [3.05, 3.63) is 23.8 Å². The molecule has 1 aliphatic carbocycles. The number of rotatable bonds is 6. The van der Waals surface area contributed by atoms with Gasteiger partial charge in [-0.05, 0) is 31.0 Å². The topological polar surface area (TPSA) is 80.2 Å². The largest absolute Gasteiger partial charge is 0.493 e. The molecule has 102 valence electrons. The van der Waals surface area contributed by atoms with E-state index in [-0.39, 0.29) is 12.5 Å². The molecule has 1 fully saturated rings. The molecule has 0 atom stereocenters. The predicted molar refractivity (Wildman–Crippen MR) is 69.0 cm³/mol. The van der Waals surface area contributed by atoms with Gasteiger partial charge in [0.15, 0.2) is 18.1 Å². The molecule has 1 aliphatic rings. The van der Waals surface area contributed by atoms with Crippen LogP contribution in [0, 0.1) is 0 Å². The number of amides is 1. The van der Waals surface area contributed by atoms with Gasteiger partial charge in [0, 0.05) is 11.6 Å². The van der Waals surface area contributed by atoms with Crippen LogP contribution in [0.5, 0.6) is 11.5 Å². The average Bonchev–Trinajstić information content (AvgIpc) is 3.21. The van der Waals surface area contributed by atoms with E-state index >= 15 is 0 Å². The molecule has 2 rings (SSSR count). The molecule has 6 heteroatoms. The van der Waals surface area contributed by atoms with Gasteiger partial charge in [-0.25, -0.2) is 0 Å². The van der Waals surface area contributed by atoms with Crippen molar-refractivity contribution >= 4 is 12.1 Å². The average molecular weight is 264 g/mol. The van der Waals surface area contributed by atoms with E-state index in [1.807, 2.05) is 0 Å². The summed E-state index contributed by atoms with van der Waals surface area (Å²) in [5.41, 5.74) is 0.675. The Morgan fingerprint density at radius 1 is 1.53 bits per heavy atom. The highest BCUT2D eigenvalue weighted by Crippen LogP contribution is 2.27. The summed E-state index contributed by atoms with van der Waals surface area (Å²) in [5.74, 6) is 0.825. The molecule has 0 saturated heterocycles. The highest BCUT2D eigenvalue weighted by atomic mass is 16.5. The van der Waals surface area contributed by atoms with Crippen LogP contribution >= 0.6 is 0 Å². The number of nitrogens with one attached hydrogen (secondary N) is 1. The van der Waals surface area contributed by atoms with Crippen LogP contribution in [0.1, 0.15) is 18.4 Å². The highest BCUT2D eigenvalue weighted by Gasteiger charge is 2.23. The zero-order valence-electron chi connectivity index (χ0n) is 10.6. The smallest absolute Gasteiger partial charge is 0.258 e. The first-order valence-corrected chi connectivity index (χ1v) is 6.00. The van der Waals surface area contributed by atoms with Crippen LogP contribution in [0.4, 0.5) is 0 Å². The zero-order chi connectivity index (χ0) is 13.7. The fourth-order valence-electron chi connectivity index (χ4n) is 1.59. The minimum absolute atomic E-state index is 0.0414. The van der Waals surface area contributed by atoms with Crippen molar-refractivity contribution in [2.75, 3.05) is 13.7 Å². The maximum atomic E-state index is 11.5. The monoisotopic (exact) mass is 264 g/mol. The normalized spacial score (nSPS) is 14.4. The van der Waals surface area contributed by atoms with Crippen molar-refractivity contribution in [2.24, 2.45) is 5.16 Å². The first-order valence-electron chi connectivity index (χ1n) is 6.00. The number of methoxy groups -OCH3 is 1. The Balaban J connectivity index is 1.96. The molecule has 0 bridgehead atoms. The third kappa shape index (κ3) is 3.87. The summed E-state index contributed by atoms with van der Waals surface area (Å²) < 4.78 is 10.6. The summed E-state index contributed by atoms with van der Waals surface area (Å²) in [5, 5.41) is 14.2. The second-order valence-corrected chi connectivity index (χ2v) is 4.29. The Bertz CT molecular complexity index is 484. The molecule has 0 aromatic heterocycles. The number of benzene rings is 1. The predicted octanol–water partition coefficient (Wildman–Crippen LogP) is 1.16. The van der Waals surface area contributed by atoms with E-state index < -0.39 is 0 Å². The van der Waals surface area contributed by atoms with Crippen molar-refractivity contribution in [1.82, 2.24) is 5.32 Å². The van der Waals surface area contributed by atoms with Crippen molar-refractivity contribution in [3.63, 3.8) is 0 Å². The Labute approximate surface area is 111 Å². The van der Waals surface area contributed by atoms with Crippen molar-refractivity contribution < 1.29 is 19.5 Å². The SMILES string of the molecule is COc1cc(/C=N/O)ccc1OCC(=O)NC1CC1. The van der Waals surface area contributed by atoms with E-state index in [1.54, 1.807) is 18.2 Å². The Hall–Kier alpha value is -2.24. The van der Waals surface area contributed by atoms with Gasteiger partial charge >= 0.3 is 0 Å². The summed E-state index contributed by atoms with van der Waals surface area (Å²) in [4.78, 5) is 11.5. The molecular formula is C13H16N2O4. The first kappa shape index (κ1) is 13.2. The van der Waals surface area contributed by atoms with Gasteiger partial charge in [-0.3, -0.25) is 4.79 Å². The van der Waals surface area contributed by atoms with Crippen LogP contribution in [0.3, 0.4) is 0 Å². The fraction of sp³-hybridized carbons (Fsp3) is 0.385. The third-order valence-electron chi connectivity index (χ3n) is 2.70. The maximum Gasteiger partial charge on any atom is 0.258 e. The number of nitrogens with zero attached hydrogens (tertiary/aromatic N) is 1. The second-order valence-electron chi connectivity index (χ2n) is 4.29. The summed E-state index contributed by atoms with van der Waals surface area (Å²) in [6.07, 6.45) is 3.38. The summed E-state index contributed by atoms with van der Waals surface area (Å²) >= 11 is 0. The summed E-state index contributed by atoms with van der Waals surface area (Å²) in [6.45, 7) is -0.0414. The van der Waals surface area contributed by atoms with Crippen molar-refractivity contribution in [2.45, 2.75) is 18.9 Å². The number of carbonyl (C=O) groups excluding carboxylic acids is 1. The number of ether oxygens (including phenoxy) is 2. The Kier molecular flexibility index (Phi) is 4.22. The lowest BCUT2D eigenvalue weighted by Crippen LogP contribution is -2.30. The minimum atomic E-state index is -0.134. The lowest BCUT2D eigenvalue weighted by atomic mass is 10.2. The van der Waals surface area contributed by atoms with Crippen LogP contribution in [-0.4, -0.2) is 37.1 Å². The van der Waals surface area contributed by atoms with E-state index in [4.69, 9.17) is 14.7 Å². The molecule has 1 aromatic carbocycles. The molecular weight excluding hydrogens is 248 g/mol. The zero-order valence-corrected chi connectivity index (χ0v) is 10.6. The van der Waals surface area contributed by atoms with Gasteiger partial charge in [0.05, 0.1) is 13.3 Å². The lowest BCUT2D eigenvalue weighted by molar-refractivity contribution is -0.123. The summed E-state index contributed by atoms with van der Waals surface area (Å²) in [7, 11) is 1.51. The maximum absolute atomic E-state index is 11.5. The van der Waals surface area contributed by atoms with Gasteiger partial charge in [0.1, 0.15) is 0 Å². The standard InChI is InChI=1S/C13H16N2O4/c1-18-12-6-9(7-14-17)2-5-11(12)19-8-13(16)15-10-3-4-10/h2,5-7,10,17H,3-4,8H2,1H3,(H,15,16)/b14-7+. The lowest BCUT2D eigenvalue weighted by Gasteiger charge is -2.11. The van der Waals surface area contributed by atoms with E-state index in [0.717, 1.165) is 12.8 Å². The number of oxime groups is 1. The molecule has 1 amide bonds. The van der Waals surface area contributed by atoms with Crippen molar-refractivity contribution in [3.8, 4) is 11.5 Å². The van der Waals surface area contributed by atoms with Crippen LogP contribution in [-0.2, 0) is 4.79 Å². The highest BCUT2D eigenvalue weighted by molar-refractivity contribution is 5.81. The Morgan fingerprint density at radius 2 is 2.32 bits per heavy atom. The number of hydrogen-bond donors (Lipinski definition) is 2. The van der Waals surface area contributed by atoms with Crippen LogP contribution in [0.2, 0.25) is 0 Å². The van der Waals surface area contributed by atoms with E-state index in [0.29, 0.717) is 23.1 Å². The quantitative estimate of drug-likeness (QED) is 0.459. The van der Waals surface area contributed by atoms with Gasteiger partial charge in [0.25, 0.3) is 5.91 Å². The van der Waals surface area contributed by atoms with Crippen LogP contribution in [0.25, 0.3) is 0 Å². The number of hydrogen-bond acceptors (Lipinski definition) is 5. The molecule has 1 aromatic rings. The molecule has 6 nitrogen and oxygen atoms in total. The first-order chi connectivity index (χ1) is 9.22. The molecule has 0 aliphatic heterocycles. The third-order valence-corrected chi connectivity index (χ3v) is 2.70. The van der Waals surface area contributed by atoms with Gasteiger partial charge in [-0.1, -0.05) is 5.16 Å². The van der Waals surface area contributed by atoms with Gasteiger partial charge < -0.3 is 20.0 Å². The molecule has 1 saturated carbocycles. The Morgan fingerprint density at radius 3 is 2.95 bits per heavy atom. The second kappa shape index (κ2) is 6.08.